The lowest BCUT2D eigenvalue weighted by molar-refractivity contribution is -0.135. The first-order chi connectivity index (χ1) is 12.3. The fourth-order valence-corrected chi connectivity index (χ4v) is 5.22. The number of halogens is 2. The van der Waals surface area contributed by atoms with Crippen molar-refractivity contribution in [1.29, 1.82) is 0 Å². The normalized spacial score (nSPS) is 22.5. The Morgan fingerprint density at radius 1 is 1.15 bits per heavy atom. The second-order valence-electron chi connectivity index (χ2n) is 6.65. The predicted octanol–water partition coefficient (Wildman–Crippen LogP) is 1.76. The molecule has 0 N–H and O–H groups in total. The lowest BCUT2D eigenvalue weighted by atomic mass is 10.0. The molecule has 1 unspecified atom stereocenters. The first kappa shape index (κ1) is 19.2. The van der Waals surface area contributed by atoms with Gasteiger partial charge in [-0.25, -0.2) is 17.2 Å². The summed E-state index contributed by atoms with van der Waals surface area (Å²) < 4.78 is 58.5. The largest absolute Gasteiger partial charge is 0.381 e. The number of sulfonamides is 1. The first-order valence-corrected chi connectivity index (χ1v) is 10.1. The van der Waals surface area contributed by atoms with Gasteiger partial charge in [-0.1, -0.05) is 0 Å². The maximum atomic E-state index is 13.4. The highest BCUT2D eigenvalue weighted by molar-refractivity contribution is 7.89. The third-order valence-electron chi connectivity index (χ3n) is 5.00. The van der Waals surface area contributed by atoms with E-state index >= 15 is 0 Å². The van der Waals surface area contributed by atoms with E-state index in [2.05, 4.69) is 0 Å². The SMILES string of the molecule is CC(=O)N(C1CCOCC1)C1CCN(S(=O)(=O)c2ccc(F)c(F)c2)C1. The van der Waals surface area contributed by atoms with Crippen molar-refractivity contribution in [2.75, 3.05) is 26.3 Å². The minimum atomic E-state index is -3.94. The van der Waals surface area contributed by atoms with E-state index in [0.29, 0.717) is 25.7 Å². The molecule has 2 saturated heterocycles. The van der Waals surface area contributed by atoms with Crippen LogP contribution in [0.1, 0.15) is 26.2 Å². The molecule has 6 nitrogen and oxygen atoms in total. The lowest BCUT2D eigenvalue weighted by Gasteiger charge is -2.37. The molecule has 1 amide bonds. The van der Waals surface area contributed by atoms with Crippen molar-refractivity contribution in [2.45, 2.75) is 43.2 Å². The topological polar surface area (TPSA) is 66.9 Å². The number of hydrogen-bond donors (Lipinski definition) is 0. The number of ether oxygens (including phenoxy) is 1. The Morgan fingerprint density at radius 3 is 2.46 bits per heavy atom. The van der Waals surface area contributed by atoms with Gasteiger partial charge in [0.25, 0.3) is 0 Å². The van der Waals surface area contributed by atoms with Crippen LogP contribution in [0.3, 0.4) is 0 Å². The maximum absolute atomic E-state index is 13.4. The van der Waals surface area contributed by atoms with E-state index in [0.717, 1.165) is 25.0 Å². The van der Waals surface area contributed by atoms with Crippen LogP contribution in [0.25, 0.3) is 0 Å². The van der Waals surface area contributed by atoms with Crippen LogP contribution in [0.5, 0.6) is 0 Å². The lowest BCUT2D eigenvalue weighted by Crippen LogP contribution is -2.49. The smallest absolute Gasteiger partial charge is 0.243 e. The Labute approximate surface area is 151 Å². The van der Waals surface area contributed by atoms with Crippen molar-refractivity contribution in [1.82, 2.24) is 9.21 Å². The van der Waals surface area contributed by atoms with E-state index in [1.54, 1.807) is 4.90 Å². The fourth-order valence-electron chi connectivity index (χ4n) is 3.72. The predicted molar refractivity (Wildman–Crippen MR) is 89.9 cm³/mol. The van der Waals surface area contributed by atoms with E-state index in [-0.39, 0.29) is 36.0 Å². The summed E-state index contributed by atoms with van der Waals surface area (Å²) in [6.07, 6.45) is 1.97. The summed E-state index contributed by atoms with van der Waals surface area (Å²) in [6, 6.07) is 2.37. The van der Waals surface area contributed by atoms with Crippen molar-refractivity contribution >= 4 is 15.9 Å². The Bertz CT molecular complexity index is 781. The zero-order valence-electron chi connectivity index (χ0n) is 14.5. The summed E-state index contributed by atoms with van der Waals surface area (Å²) in [6.45, 7) is 3.04. The van der Waals surface area contributed by atoms with Crippen LogP contribution in [0.4, 0.5) is 8.78 Å². The molecule has 2 aliphatic rings. The molecule has 2 aliphatic heterocycles. The quantitative estimate of drug-likeness (QED) is 0.788. The van der Waals surface area contributed by atoms with E-state index in [4.69, 9.17) is 4.74 Å². The molecule has 144 valence electrons. The van der Waals surface area contributed by atoms with Crippen LogP contribution in [0.2, 0.25) is 0 Å². The van der Waals surface area contributed by atoms with Crippen molar-refractivity contribution < 1.29 is 26.7 Å². The zero-order valence-corrected chi connectivity index (χ0v) is 15.3. The molecule has 1 aromatic carbocycles. The molecule has 1 aromatic rings. The molecule has 3 rings (SSSR count). The molecule has 0 saturated carbocycles. The molecule has 26 heavy (non-hydrogen) atoms. The van der Waals surface area contributed by atoms with Crippen molar-refractivity contribution in [3.8, 4) is 0 Å². The van der Waals surface area contributed by atoms with E-state index in [1.165, 1.54) is 11.2 Å². The summed E-state index contributed by atoms with van der Waals surface area (Å²) in [5.41, 5.74) is 0. The van der Waals surface area contributed by atoms with Crippen LogP contribution >= 0.6 is 0 Å². The standard InChI is InChI=1S/C17H22F2N2O4S/c1-12(22)21(13-5-8-25-9-6-13)14-4-7-20(11-14)26(23,24)15-2-3-16(18)17(19)10-15/h2-3,10,13-14H,4-9,11H2,1H3. The van der Waals surface area contributed by atoms with Gasteiger partial charge in [-0.3, -0.25) is 4.79 Å². The zero-order chi connectivity index (χ0) is 18.9. The molecule has 2 heterocycles. The van der Waals surface area contributed by atoms with Crippen LogP contribution in [-0.4, -0.2) is 61.9 Å². The first-order valence-electron chi connectivity index (χ1n) is 8.62. The van der Waals surface area contributed by atoms with Crippen LogP contribution in [-0.2, 0) is 19.6 Å². The van der Waals surface area contributed by atoms with Gasteiger partial charge in [0.05, 0.1) is 4.90 Å². The average molecular weight is 388 g/mol. The van der Waals surface area contributed by atoms with Gasteiger partial charge in [-0.2, -0.15) is 4.31 Å². The molecular formula is C17H22F2N2O4S. The third kappa shape index (κ3) is 3.74. The molecule has 1 atom stereocenters. The van der Waals surface area contributed by atoms with Gasteiger partial charge in [0.1, 0.15) is 0 Å². The van der Waals surface area contributed by atoms with Crippen molar-refractivity contribution in [2.24, 2.45) is 0 Å². The highest BCUT2D eigenvalue weighted by Crippen LogP contribution is 2.27. The van der Waals surface area contributed by atoms with E-state index < -0.39 is 21.7 Å². The van der Waals surface area contributed by atoms with Gasteiger partial charge in [0.2, 0.25) is 15.9 Å². The van der Waals surface area contributed by atoms with Gasteiger partial charge in [0.15, 0.2) is 11.6 Å². The summed E-state index contributed by atoms with van der Waals surface area (Å²) in [4.78, 5) is 13.7. The second-order valence-corrected chi connectivity index (χ2v) is 8.59. The Balaban J connectivity index is 1.77. The number of rotatable bonds is 4. The maximum Gasteiger partial charge on any atom is 0.243 e. The minimum Gasteiger partial charge on any atom is -0.381 e. The monoisotopic (exact) mass is 388 g/mol. The van der Waals surface area contributed by atoms with Gasteiger partial charge in [-0.05, 0) is 37.5 Å². The number of carbonyl (C=O) groups excluding carboxylic acids is 1. The highest BCUT2D eigenvalue weighted by atomic mass is 32.2. The van der Waals surface area contributed by atoms with E-state index in [1.807, 2.05) is 0 Å². The highest BCUT2D eigenvalue weighted by Gasteiger charge is 2.39. The Hall–Kier alpha value is -1.58. The third-order valence-corrected chi connectivity index (χ3v) is 6.86. The summed E-state index contributed by atoms with van der Waals surface area (Å²) in [5, 5.41) is 0. The summed E-state index contributed by atoms with van der Waals surface area (Å²) in [7, 11) is -3.94. The molecular weight excluding hydrogens is 366 g/mol. The molecule has 9 heteroatoms. The van der Waals surface area contributed by atoms with Gasteiger partial charge in [0, 0.05) is 45.3 Å². The van der Waals surface area contributed by atoms with Gasteiger partial charge >= 0.3 is 0 Å². The fraction of sp³-hybridized carbons (Fsp3) is 0.588. The van der Waals surface area contributed by atoms with Crippen LogP contribution in [0.15, 0.2) is 23.1 Å². The van der Waals surface area contributed by atoms with Crippen LogP contribution in [0, 0.1) is 11.6 Å². The van der Waals surface area contributed by atoms with Gasteiger partial charge < -0.3 is 9.64 Å². The van der Waals surface area contributed by atoms with Crippen LogP contribution < -0.4 is 0 Å². The number of benzene rings is 1. The summed E-state index contributed by atoms with van der Waals surface area (Å²) >= 11 is 0. The molecule has 0 spiro atoms. The Kier molecular flexibility index (Phi) is 5.59. The molecule has 2 fully saturated rings. The van der Waals surface area contributed by atoms with Crippen molar-refractivity contribution in [3.05, 3.63) is 29.8 Å². The molecule has 0 aromatic heterocycles. The molecule has 0 bridgehead atoms. The average Bonchev–Trinajstić information content (AvgIpc) is 3.08. The minimum absolute atomic E-state index is 0.0390. The van der Waals surface area contributed by atoms with Gasteiger partial charge in [-0.15, -0.1) is 0 Å². The number of carbonyl (C=O) groups is 1. The number of hydrogen-bond acceptors (Lipinski definition) is 4. The molecule has 0 aliphatic carbocycles. The number of nitrogens with zero attached hydrogens (tertiary/aromatic N) is 2. The van der Waals surface area contributed by atoms with E-state index in [9.17, 15) is 22.0 Å². The Morgan fingerprint density at radius 2 is 1.85 bits per heavy atom. The number of amides is 1. The van der Waals surface area contributed by atoms with Crippen molar-refractivity contribution in [3.63, 3.8) is 0 Å². The summed E-state index contributed by atoms with van der Waals surface area (Å²) in [5.74, 6) is -2.38. The second kappa shape index (κ2) is 7.58. The molecule has 0 radical (unpaired) electrons.